The zero-order chi connectivity index (χ0) is 23.5. The number of carbonyl (C=O) groups is 2. The van der Waals surface area contributed by atoms with Crippen LogP contribution in [0.4, 0.5) is 0 Å². The fourth-order valence-electron chi connectivity index (χ4n) is 6.72. The third-order valence-electron chi connectivity index (χ3n) is 7.75. The van der Waals surface area contributed by atoms with Crippen LogP contribution in [0.3, 0.4) is 0 Å². The Hall–Kier alpha value is -2.70. The highest BCUT2D eigenvalue weighted by atomic mass is 16.7. The molecule has 0 saturated heterocycles. The summed E-state index contributed by atoms with van der Waals surface area (Å²) in [5.41, 5.74) is 1.80. The maximum absolute atomic E-state index is 12.9. The lowest BCUT2D eigenvalue weighted by atomic mass is 9.48. The molecule has 0 aromatic heterocycles. The van der Waals surface area contributed by atoms with E-state index in [1.165, 1.54) is 19.3 Å². The van der Waals surface area contributed by atoms with Crippen LogP contribution in [0.1, 0.15) is 64.8 Å². The lowest BCUT2D eigenvalue weighted by Gasteiger charge is -2.57. The highest BCUT2D eigenvalue weighted by Gasteiger charge is 2.52. The summed E-state index contributed by atoms with van der Waals surface area (Å²) in [6.07, 6.45) is 7.35. The van der Waals surface area contributed by atoms with E-state index in [-0.39, 0.29) is 12.2 Å². The first-order valence-corrected chi connectivity index (χ1v) is 12.2. The molecular formula is C28H32O6. The first kappa shape index (κ1) is 23.1. The van der Waals surface area contributed by atoms with E-state index in [0.29, 0.717) is 24.3 Å². The summed E-state index contributed by atoms with van der Waals surface area (Å²) in [7, 11) is 1.63. The van der Waals surface area contributed by atoms with Gasteiger partial charge in [-0.05, 0) is 92.0 Å². The molecule has 6 heteroatoms. The number of ether oxygens (including phenoxy) is 4. The van der Waals surface area contributed by atoms with Crippen molar-refractivity contribution in [3.05, 3.63) is 65.2 Å². The molecule has 6 rings (SSSR count). The quantitative estimate of drug-likeness (QED) is 0.221. The highest BCUT2D eigenvalue weighted by Crippen LogP contribution is 2.62. The largest absolute Gasteiger partial charge is 0.467 e. The second-order valence-electron chi connectivity index (χ2n) is 10.1. The van der Waals surface area contributed by atoms with Gasteiger partial charge in [0.15, 0.2) is 6.79 Å². The Bertz CT molecular complexity index is 995. The van der Waals surface area contributed by atoms with Gasteiger partial charge in [-0.15, -0.1) is 0 Å². The zero-order valence-corrected chi connectivity index (χ0v) is 19.7. The summed E-state index contributed by atoms with van der Waals surface area (Å²) in [5, 5.41) is 0. The SMILES string of the molecule is COCCOCOc1ccc(C(=O)OC(=O)c2ccccc2)cc1C12CC3CC(CC(C3)C1)C2. The van der Waals surface area contributed by atoms with Crippen molar-refractivity contribution in [3.63, 3.8) is 0 Å². The molecule has 2 aromatic carbocycles. The summed E-state index contributed by atoms with van der Waals surface area (Å²) in [4.78, 5) is 25.4. The van der Waals surface area contributed by atoms with Crippen LogP contribution in [0.15, 0.2) is 48.5 Å². The summed E-state index contributed by atoms with van der Waals surface area (Å²) < 4.78 is 21.8. The molecule has 4 fully saturated rings. The number of hydrogen-bond donors (Lipinski definition) is 0. The molecule has 4 aliphatic rings. The predicted molar refractivity (Wildman–Crippen MR) is 126 cm³/mol. The van der Waals surface area contributed by atoms with Crippen molar-refractivity contribution in [2.45, 2.75) is 43.9 Å². The molecule has 0 amide bonds. The van der Waals surface area contributed by atoms with Crippen molar-refractivity contribution in [1.82, 2.24) is 0 Å². The molecule has 0 unspecified atom stereocenters. The third-order valence-corrected chi connectivity index (χ3v) is 7.75. The van der Waals surface area contributed by atoms with Crippen molar-refractivity contribution in [2.75, 3.05) is 27.1 Å². The van der Waals surface area contributed by atoms with Crippen LogP contribution >= 0.6 is 0 Å². The Morgan fingerprint density at radius 1 is 0.853 bits per heavy atom. The molecule has 0 radical (unpaired) electrons. The molecule has 4 saturated carbocycles. The van der Waals surface area contributed by atoms with E-state index in [1.807, 2.05) is 18.2 Å². The van der Waals surface area contributed by atoms with Gasteiger partial charge in [0, 0.05) is 12.7 Å². The lowest BCUT2D eigenvalue weighted by molar-refractivity contribution is -0.0189. The second-order valence-corrected chi connectivity index (χ2v) is 10.1. The number of methoxy groups -OCH3 is 1. The standard InChI is InChI=1S/C28H32O6/c1-31-9-10-32-18-33-25-8-7-23(27(30)34-26(29)22-5-3-2-4-6-22)14-24(25)28-15-19-11-20(16-28)13-21(12-19)17-28/h2-8,14,19-21H,9-13,15-18H2,1H3. The molecule has 34 heavy (non-hydrogen) atoms. The van der Waals surface area contributed by atoms with Gasteiger partial charge in [0.1, 0.15) is 5.75 Å². The van der Waals surface area contributed by atoms with E-state index in [4.69, 9.17) is 18.9 Å². The van der Waals surface area contributed by atoms with Gasteiger partial charge in [-0.2, -0.15) is 0 Å². The third kappa shape index (κ3) is 4.75. The first-order valence-electron chi connectivity index (χ1n) is 12.2. The molecule has 6 nitrogen and oxygen atoms in total. The highest BCUT2D eigenvalue weighted by molar-refractivity contribution is 6.02. The molecule has 0 spiro atoms. The maximum atomic E-state index is 12.9. The Kier molecular flexibility index (Phi) is 6.70. The van der Waals surface area contributed by atoms with Crippen molar-refractivity contribution < 1.29 is 28.5 Å². The molecule has 4 bridgehead atoms. The van der Waals surface area contributed by atoms with Gasteiger partial charge in [0.25, 0.3) is 0 Å². The number of hydrogen-bond acceptors (Lipinski definition) is 6. The fraction of sp³-hybridized carbons (Fsp3) is 0.500. The summed E-state index contributed by atoms with van der Waals surface area (Å²) in [5.74, 6) is 1.70. The fourth-order valence-corrected chi connectivity index (χ4v) is 6.72. The van der Waals surface area contributed by atoms with E-state index >= 15 is 0 Å². The second kappa shape index (κ2) is 9.88. The molecule has 0 heterocycles. The topological polar surface area (TPSA) is 71.1 Å². The monoisotopic (exact) mass is 464 g/mol. The average molecular weight is 465 g/mol. The van der Waals surface area contributed by atoms with Gasteiger partial charge in [0.2, 0.25) is 0 Å². The number of carbonyl (C=O) groups excluding carboxylic acids is 2. The molecule has 2 aromatic rings. The maximum Gasteiger partial charge on any atom is 0.346 e. The van der Waals surface area contributed by atoms with Crippen LogP contribution in [0, 0.1) is 17.8 Å². The van der Waals surface area contributed by atoms with E-state index in [1.54, 1.807) is 37.4 Å². The van der Waals surface area contributed by atoms with Crippen molar-refractivity contribution in [1.29, 1.82) is 0 Å². The number of benzene rings is 2. The van der Waals surface area contributed by atoms with Gasteiger partial charge in [-0.25, -0.2) is 9.59 Å². The Labute approximate surface area is 200 Å². The van der Waals surface area contributed by atoms with E-state index in [2.05, 4.69) is 0 Å². The summed E-state index contributed by atoms with van der Waals surface area (Å²) >= 11 is 0. The zero-order valence-electron chi connectivity index (χ0n) is 19.7. The number of rotatable bonds is 9. The normalized spacial score (nSPS) is 26.9. The lowest BCUT2D eigenvalue weighted by Crippen LogP contribution is -2.48. The van der Waals surface area contributed by atoms with Crippen LogP contribution in [0.25, 0.3) is 0 Å². The van der Waals surface area contributed by atoms with Gasteiger partial charge in [0.05, 0.1) is 24.3 Å². The van der Waals surface area contributed by atoms with E-state index in [0.717, 1.165) is 48.3 Å². The smallest absolute Gasteiger partial charge is 0.346 e. The Morgan fingerprint density at radius 3 is 2.15 bits per heavy atom. The van der Waals surface area contributed by atoms with Crippen molar-refractivity contribution in [3.8, 4) is 5.75 Å². The van der Waals surface area contributed by atoms with Gasteiger partial charge >= 0.3 is 11.9 Å². The van der Waals surface area contributed by atoms with Crippen LogP contribution in [-0.2, 0) is 19.6 Å². The molecule has 4 aliphatic carbocycles. The molecule has 0 atom stereocenters. The minimum atomic E-state index is -0.645. The molecule has 0 aliphatic heterocycles. The van der Waals surface area contributed by atoms with Crippen LogP contribution < -0.4 is 4.74 Å². The summed E-state index contributed by atoms with van der Waals surface area (Å²) in [6, 6.07) is 14.0. The van der Waals surface area contributed by atoms with Crippen LogP contribution in [0.5, 0.6) is 5.75 Å². The Morgan fingerprint density at radius 2 is 1.50 bits per heavy atom. The average Bonchev–Trinajstić information content (AvgIpc) is 2.83. The predicted octanol–water partition coefficient (Wildman–Crippen LogP) is 5.15. The number of esters is 2. The van der Waals surface area contributed by atoms with Gasteiger partial charge in [-0.3, -0.25) is 0 Å². The van der Waals surface area contributed by atoms with Crippen molar-refractivity contribution >= 4 is 11.9 Å². The minimum Gasteiger partial charge on any atom is -0.467 e. The minimum absolute atomic E-state index is 0.0103. The summed E-state index contributed by atoms with van der Waals surface area (Å²) in [6.45, 7) is 1.08. The molecule has 0 N–H and O–H groups in total. The van der Waals surface area contributed by atoms with Gasteiger partial charge < -0.3 is 18.9 Å². The van der Waals surface area contributed by atoms with Gasteiger partial charge in [-0.1, -0.05) is 18.2 Å². The Balaban J connectivity index is 1.40. The van der Waals surface area contributed by atoms with E-state index < -0.39 is 11.9 Å². The van der Waals surface area contributed by atoms with E-state index in [9.17, 15) is 9.59 Å². The molecule has 180 valence electrons. The molecular weight excluding hydrogens is 432 g/mol. The van der Waals surface area contributed by atoms with Crippen LogP contribution in [0.2, 0.25) is 0 Å². The first-order chi connectivity index (χ1) is 16.6. The van der Waals surface area contributed by atoms with Crippen LogP contribution in [-0.4, -0.2) is 39.1 Å². The van der Waals surface area contributed by atoms with Crippen molar-refractivity contribution in [2.24, 2.45) is 17.8 Å².